The van der Waals surface area contributed by atoms with Gasteiger partial charge in [-0.2, -0.15) is 0 Å². The molecule has 83 heavy (non-hydrogen) atoms. The maximum Gasteiger partial charge on any atom is 0.303 e. The van der Waals surface area contributed by atoms with Crippen LogP contribution in [0.25, 0.3) is 33.7 Å². The standard InChI is InChI=1S/C59H74N4O20/c1-15-39-27(3)45-22-48-41(23-75-59-57(81-38(14)71)55(79-36(12)69)53(77-34(10)67)50(83-59)25-74-32(8)65)29(5)44(62-48)21-46-28(4)40(51(63-46)30(6)43-19-26(2)42(60-43)20-47(39)61-45)17-16-18-72-58-56(80-37(13)70)54(78-35(11)68)52(76-33(9)66)49(82-58)24-73-31(7)64/h19-22,28,40,49-50,52-59,61-62H,15-18,23-25H2,1-14H3/t28-,40-,49+,50+,52+,53+,54-,55-,56+,57+,58+,59+/m0/s1. The second-order valence-electron chi connectivity index (χ2n) is 21.0. The Morgan fingerprint density at radius 2 is 0.988 bits per heavy atom. The summed E-state index contributed by atoms with van der Waals surface area (Å²) in [7, 11) is 0. The number of aryl methyl sites for hydroxylation is 3. The molecule has 4 aliphatic rings. The highest BCUT2D eigenvalue weighted by Gasteiger charge is 2.54. The highest BCUT2D eigenvalue weighted by molar-refractivity contribution is 5.85. The lowest BCUT2D eigenvalue weighted by atomic mass is 9.86. The van der Waals surface area contributed by atoms with E-state index in [1.165, 1.54) is 13.8 Å². The third-order valence-electron chi connectivity index (χ3n) is 14.8. The molecular weight excluding hydrogens is 1080 g/mol. The van der Waals surface area contributed by atoms with Crippen LogP contribution in [0.2, 0.25) is 0 Å². The van der Waals surface area contributed by atoms with Crippen LogP contribution in [-0.4, -0.2) is 149 Å². The van der Waals surface area contributed by atoms with E-state index in [4.69, 9.17) is 66.8 Å². The fourth-order valence-electron chi connectivity index (χ4n) is 11.0. The van der Waals surface area contributed by atoms with Crippen LogP contribution >= 0.6 is 0 Å². The molecule has 3 aromatic heterocycles. The number of hydrogen-bond donors (Lipinski definition) is 2. The number of carbonyl (C=O) groups is 8. The number of fused-ring (bicyclic) bond motifs is 8. The van der Waals surface area contributed by atoms with Crippen molar-refractivity contribution in [1.29, 1.82) is 0 Å². The van der Waals surface area contributed by atoms with Crippen molar-refractivity contribution in [2.45, 2.75) is 196 Å². The number of aromatic amines is 2. The number of ether oxygens (including phenoxy) is 12. The zero-order chi connectivity index (χ0) is 60.7. The molecule has 4 aliphatic heterocycles. The van der Waals surface area contributed by atoms with Crippen molar-refractivity contribution in [3.8, 4) is 0 Å². The molecule has 24 nitrogen and oxygen atoms in total. The number of allylic oxidation sites excluding steroid dienone is 1. The molecule has 2 saturated heterocycles. The van der Waals surface area contributed by atoms with Crippen LogP contribution in [0.5, 0.6) is 0 Å². The lowest BCUT2D eigenvalue weighted by molar-refractivity contribution is -0.310. The van der Waals surface area contributed by atoms with E-state index < -0.39 is 122 Å². The van der Waals surface area contributed by atoms with Crippen LogP contribution in [0.4, 0.5) is 0 Å². The Labute approximate surface area is 479 Å². The van der Waals surface area contributed by atoms with Crippen LogP contribution in [0, 0.1) is 20.8 Å². The number of aromatic nitrogens is 4. The van der Waals surface area contributed by atoms with Crippen molar-refractivity contribution in [3.63, 3.8) is 0 Å². The molecule has 7 heterocycles. The first-order valence-corrected chi connectivity index (χ1v) is 27.5. The summed E-state index contributed by atoms with van der Waals surface area (Å²) in [6, 6.07) is 6.00. The summed E-state index contributed by atoms with van der Waals surface area (Å²) in [4.78, 5) is 117. The van der Waals surface area contributed by atoms with Crippen molar-refractivity contribution in [3.05, 3.63) is 68.8 Å². The first-order chi connectivity index (χ1) is 39.2. The molecule has 0 saturated carbocycles. The van der Waals surface area contributed by atoms with Crippen molar-refractivity contribution >= 4 is 81.5 Å². The highest BCUT2D eigenvalue weighted by atomic mass is 16.7. The summed E-state index contributed by atoms with van der Waals surface area (Å²) in [5.74, 6) is -6.30. The highest BCUT2D eigenvalue weighted by Crippen LogP contribution is 2.43. The van der Waals surface area contributed by atoms with Gasteiger partial charge in [0.15, 0.2) is 49.2 Å². The molecule has 2 N–H and O–H groups in total. The minimum absolute atomic E-state index is 0.0319. The molecule has 24 heteroatoms. The number of rotatable bonds is 19. The molecule has 8 bridgehead atoms. The molecule has 3 aromatic rings. The van der Waals surface area contributed by atoms with Gasteiger partial charge in [0, 0.05) is 113 Å². The average molecular weight is 1160 g/mol. The van der Waals surface area contributed by atoms with Crippen molar-refractivity contribution in [2.24, 2.45) is 0 Å². The molecular formula is C59H74N4O20. The first kappa shape index (κ1) is 63.0. The average Bonchev–Trinajstić information content (AvgIpc) is 3.20. The summed E-state index contributed by atoms with van der Waals surface area (Å²) < 4.78 is 69.7. The zero-order valence-electron chi connectivity index (χ0n) is 49.2. The fourth-order valence-corrected chi connectivity index (χ4v) is 11.0. The number of nitrogens with zero attached hydrogens (tertiary/aromatic N) is 2. The maximum absolute atomic E-state index is 12.7. The predicted molar refractivity (Wildman–Crippen MR) is 293 cm³/mol. The molecule has 0 spiro atoms. The van der Waals surface area contributed by atoms with Gasteiger partial charge >= 0.3 is 47.8 Å². The molecule has 0 unspecified atom stereocenters. The van der Waals surface area contributed by atoms with Crippen LogP contribution in [0.3, 0.4) is 0 Å². The minimum Gasteiger partial charge on any atom is -0.463 e. The lowest BCUT2D eigenvalue weighted by Gasteiger charge is -2.44. The number of esters is 8. The Balaban J connectivity index is 1.29. The summed E-state index contributed by atoms with van der Waals surface area (Å²) in [6.45, 7) is 20.4. The van der Waals surface area contributed by atoms with E-state index in [2.05, 4.69) is 23.8 Å². The molecule has 450 valence electrons. The van der Waals surface area contributed by atoms with Crippen molar-refractivity contribution in [1.82, 2.24) is 19.9 Å². The summed E-state index contributed by atoms with van der Waals surface area (Å²) in [5.41, 5.74) is 11.4. The van der Waals surface area contributed by atoms with Crippen molar-refractivity contribution in [2.75, 3.05) is 19.8 Å². The minimum atomic E-state index is -1.46. The van der Waals surface area contributed by atoms with E-state index in [0.717, 1.165) is 103 Å². The normalized spacial score (nSPS) is 24.8. The van der Waals surface area contributed by atoms with Gasteiger partial charge in [0.2, 0.25) is 0 Å². The summed E-state index contributed by atoms with van der Waals surface area (Å²) >= 11 is 0. The lowest BCUT2D eigenvalue weighted by Crippen LogP contribution is -2.63. The molecule has 0 aromatic carbocycles. The molecule has 0 radical (unpaired) electrons. The monoisotopic (exact) mass is 1160 g/mol. The predicted octanol–water partition coefficient (Wildman–Crippen LogP) is 6.73. The third kappa shape index (κ3) is 15.2. The first-order valence-electron chi connectivity index (χ1n) is 27.5. The quantitative estimate of drug-likeness (QED) is 0.0714. The summed E-state index contributed by atoms with van der Waals surface area (Å²) in [6.07, 6.45) is -9.95. The van der Waals surface area contributed by atoms with Gasteiger partial charge in [0.1, 0.15) is 25.4 Å². The van der Waals surface area contributed by atoms with Gasteiger partial charge in [0.05, 0.1) is 18.0 Å². The van der Waals surface area contributed by atoms with Crippen LogP contribution in [-0.2, 0) is 108 Å². The Morgan fingerprint density at radius 1 is 0.530 bits per heavy atom. The molecule has 0 aliphatic carbocycles. The zero-order valence-corrected chi connectivity index (χ0v) is 49.2. The number of hydrogen-bond acceptors (Lipinski definition) is 22. The molecule has 12 atom stereocenters. The largest absolute Gasteiger partial charge is 0.463 e. The van der Waals surface area contributed by atoms with E-state index in [1.54, 1.807) is 0 Å². The Bertz CT molecular complexity index is 3200. The number of nitrogens with one attached hydrogen (secondary N) is 2. The fraction of sp³-hybridized carbons (Fsp3) is 0.559. The van der Waals surface area contributed by atoms with E-state index in [1.807, 2.05) is 52.0 Å². The van der Waals surface area contributed by atoms with E-state index in [9.17, 15) is 38.4 Å². The van der Waals surface area contributed by atoms with Gasteiger partial charge < -0.3 is 66.8 Å². The SMILES string of the molecule is CCc1c(C)c2cc3[nH]c(cc4nc(c(C)c5nc(cc1[nH]2)C(C)=C5)[C@@H](CCCO[C@@H]1O[C@H](COC(C)=O)[C@@H](OC(C)=O)[C@H](OC(C)=O)[C@H]1OC(C)=O)[C@@H]4C)c(C)c3CO[C@@H]1O[C@H](COC(C)=O)[C@@H](OC(C)=O)[C@H](OC(C)=O)[C@H]1OC(C)=O. The van der Waals surface area contributed by atoms with Crippen molar-refractivity contribution < 1.29 is 95.2 Å². The Morgan fingerprint density at radius 3 is 1.48 bits per heavy atom. The van der Waals surface area contributed by atoms with Gasteiger partial charge in [0.25, 0.3) is 0 Å². The number of H-pyrrole nitrogens is 2. The van der Waals surface area contributed by atoms with Gasteiger partial charge in [-0.15, -0.1) is 0 Å². The Hall–Kier alpha value is -7.54. The van der Waals surface area contributed by atoms with Crippen LogP contribution in [0.1, 0.15) is 151 Å². The van der Waals surface area contributed by atoms with Gasteiger partial charge in [-0.25, -0.2) is 4.98 Å². The molecule has 0 amide bonds. The number of carbonyl (C=O) groups excluding carboxylic acids is 8. The van der Waals surface area contributed by atoms with E-state index >= 15 is 0 Å². The third-order valence-corrected chi connectivity index (χ3v) is 14.8. The second kappa shape index (κ2) is 27.2. The topological polar surface area (TPSA) is 305 Å². The smallest absolute Gasteiger partial charge is 0.303 e. The van der Waals surface area contributed by atoms with Crippen LogP contribution in [0.15, 0.2) is 18.2 Å². The van der Waals surface area contributed by atoms with E-state index in [-0.39, 0.29) is 25.0 Å². The second-order valence-corrected chi connectivity index (χ2v) is 21.0. The summed E-state index contributed by atoms with van der Waals surface area (Å²) in [5, 5.41) is 0. The van der Waals surface area contributed by atoms with E-state index in [0.29, 0.717) is 35.9 Å². The Kier molecular flexibility index (Phi) is 20.7. The molecule has 7 rings (SSSR count). The van der Waals surface area contributed by atoms with Gasteiger partial charge in [-0.3, -0.25) is 43.3 Å². The van der Waals surface area contributed by atoms with Gasteiger partial charge in [-0.05, 0) is 99.1 Å². The van der Waals surface area contributed by atoms with Crippen LogP contribution < -0.4 is 0 Å². The maximum atomic E-state index is 12.7. The van der Waals surface area contributed by atoms with Gasteiger partial charge in [-0.1, -0.05) is 13.8 Å². The molecule has 2 fully saturated rings.